The summed E-state index contributed by atoms with van der Waals surface area (Å²) in [4.78, 5) is 5.00. The smallest absolute Gasteiger partial charge is 0.166 e. The fourth-order valence-corrected chi connectivity index (χ4v) is 4.95. The molecular formula is C25H34N2O3. The van der Waals surface area contributed by atoms with Crippen LogP contribution in [0.2, 0.25) is 0 Å². The molecule has 2 aliphatic rings. The van der Waals surface area contributed by atoms with E-state index in [1.165, 1.54) is 33.6 Å². The molecule has 1 unspecified atom stereocenters. The third-order valence-electron chi connectivity index (χ3n) is 6.42. The van der Waals surface area contributed by atoms with Crippen molar-refractivity contribution < 1.29 is 14.2 Å². The molecular weight excluding hydrogens is 376 g/mol. The van der Waals surface area contributed by atoms with Crippen molar-refractivity contribution in [2.45, 2.75) is 47.1 Å². The van der Waals surface area contributed by atoms with Crippen molar-refractivity contribution in [2.24, 2.45) is 0 Å². The minimum absolute atomic E-state index is 0.211. The minimum Gasteiger partial charge on any atom is -0.496 e. The first-order chi connectivity index (χ1) is 14.4. The SMILES string of the molecule is CCOc1c(C)c(N2CCN(c3ccc(OC)c(C)c3)CC2)c(C)c2c1OC(C)C2. The topological polar surface area (TPSA) is 34.2 Å². The normalized spacial score (nSPS) is 18.3. The molecule has 1 saturated heterocycles. The molecule has 162 valence electrons. The minimum atomic E-state index is 0.211. The zero-order valence-electron chi connectivity index (χ0n) is 19.2. The zero-order valence-corrected chi connectivity index (χ0v) is 19.2. The van der Waals surface area contributed by atoms with Crippen LogP contribution in [0.15, 0.2) is 18.2 Å². The first-order valence-electron chi connectivity index (χ1n) is 11.0. The number of aryl methyl sites for hydroxylation is 1. The zero-order chi connectivity index (χ0) is 21.4. The number of nitrogens with zero attached hydrogens (tertiary/aromatic N) is 2. The van der Waals surface area contributed by atoms with Gasteiger partial charge in [0.15, 0.2) is 11.5 Å². The molecule has 30 heavy (non-hydrogen) atoms. The van der Waals surface area contributed by atoms with Crippen molar-refractivity contribution in [1.29, 1.82) is 0 Å². The maximum atomic E-state index is 6.14. The molecule has 5 nitrogen and oxygen atoms in total. The van der Waals surface area contributed by atoms with Crippen LogP contribution in [0.5, 0.6) is 17.2 Å². The quantitative estimate of drug-likeness (QED) is 0.716. The van der Waals surface area contributed by atoms with E-state index in [4.69, 9.17) is 14.2 Å². The van der Waals surface area contributed by atoms with E-state index in [-0.39, 0.29) is 6.10 Å². The fourth-order valence-electron chi connectivity index (χ4n) is 4.95. The predicted octanol–water partition coefficient (Wildman–Crippen LogP) is 4.67. The summed E-state index contributed by atoms with van der Waals surface area (Å²) >= 11 is 0. The molecule has 4 rings (SSSR count). The molecule has 0 bridgehead atoms. The van der Waals surface area contributed by atoms with E-state index in [0.29, 0.717) is 6.61 Å². The highest BCUT2D eigenvalue weighted by atomic mass is 16.5. The van der Waals surface area contributed by atoms with E-state index in [0.717, 1.165) is 49.8 Å². The summed E-state index contributed by atoms with van der Waals surface area (Å²) in [5.74, 6) is 2.85. The molecule has 1 atom stereocenters. The Kier molecular flexibility index (Phi) is 5.72. The largest absolute Gasteiger partial charge is 0.496 e. The van der Waals surface area contributed by atoms with Crippen LogP contribution in [0.4, 0.5) is 11.4 Å². The van der Waals surface area contributed by atoms with Crippen molar-refractivity contribution in [2.75, 3.05) is 49.7 Å². The van der Waals surface area contributed by atoms with Crippen molar-refractivity contribution >= 4 is 11.4 Å². The van der Waals surface area contributed by atoms with Crippen LogP contribution in [-0.2, 0) is 6.42 Å². The Labute approximate surface area is 180 Å². The first kappa shape index (κ1) is 20.7. The average Bonchev–Trinajstić information content (AvgIpc) is 3.13. The summed E-state index contributed by atoms with van der Waals surface area (Å²) in [6.45, 7) is 15.3. The van der Waals surface area contributed by atoms with E-state index < -0.39 is 0 Å². The van der Waals surface area contributed by atoms with E-state index in [2.05, 4.69) is 55.7 Å². The van der Waals surface area contributed by atoms with Gasteiger partial charge in [-0.3, -0.25) is 0 Å². The third-order valence-corrected chi connectivity index (χ3v) is 6.42. The summed E-state index contributed by atoms with van der Waals surface area (Å²) in [6, 6.07) is 6.47. The lowest BCUT2D eigenvalue weighted by atomic mass is 9.96. The van der Waals surface area contributed by atoms with Gasteiger partial charge >= 0.3 is 0 Å². The van der Waals surface area contributed by atoms with Crippen LogP contribution in [0.3, 0.4) is 0 Å². The van der Waals surface area contributed by atoms with Gasteiger partial charge in [0, 0.05) is 55.1 Å². The van der Waals surface area contributed by atoms with Gasteiger partial charge in [0.25, 0.3) is 0 Å². The lowest BCUT2D eigenvalue weighted by molar-refractivity contribution is 0.236. The molecule has 0 amide bonds. The van der Waals surface area contributed by atoms with Gasteiger partial charge in [0.2, 0.25) is 0 Å². The highest BCUT2D eigenvalue weighted by Crippen LogP contribution is 2.48. The second-order valence-corrected chi connectivity index (χ2v) is 8.43. The van der Waals surface area contributed by atoms with Crippen LogP contribution in [0.25, 0.3) is 0 Å². The van der Waals surface area contributed by atoms with Gasteiger partial charge in [-0.25, -0.2) is 0 Å². The van der Waals surface area contributed by atoms with Crippen molar-refractivity contribution in [3.8, 4) is 17.2 Å². The molecule has 0 radical (unpaired) electrons. The molecule has 2 aromatic carbocycles. The molecule has 2 aliphatic heterocycles. The Hall–Kier alpha value is -2.56. The van der Waals surface area contributed by atoms with Gasteiger partial charge in [-0.1, -0.05) is 0 Å². The Balaban J connectivity index is 1.59. The molecule has 2 heterocycles. The highest BCUT2D eigenvalue weighted by molar-refractivity contribution is 5.73. The van der Waals surface area contributed by atoms with E-state index >= 15 is 0 Å². The van der Waals surface area contributed by atoms with E-state index in [1.807, 2.05) is 6.92 Å². The molecule has 0 saturated carbocycles. The number of anilines is 2. The predicted molar refractivity (Wildman–Crippen MR) is 123 cm³/mol. The Morgan fingerprint density at radius 2 is 1.73 bits per heavy atom. The molecule has 5 heteroatoms. The number of benzene rings is 2. The third kappa shape index (κ3) is 3.55. The van der Waals surface area contributed by atoms with Crippen molar-refractivity contribution in [1.82, 2.24) is 0 Å². The lowest BCUT2D eigenvalue weighted by Crippen LogP contribution is -2.47. The maximum Gasteiger partial charge on any atom is 0.166 e. The van der Waals surface area contributed by atoms with Crippen LogP contribution in [0.1, 0.15) is 36.1 Å². The van der Waals surface area contributed by atoms with E-state index in [9.17, 15) is 0 Å². The summed E-state index contributed by atoms with van der Waals surface area (Å²) in [5, 5.41) is 0. The van der Waals surface area contributed by atoms with Crippen LogP contribution in [0, 0.1) is 20.8 Å². The number of methoxy groups -OCH3 is 1. The number of ether oxygens (including phenoxy) is 3. The van der Waals surface area contributed by atoms with Gasteiger partial charge in [0.1, 0.15) is 11.9 Å². The monoisotopic (exact) mass is 410 g/mol. The van der Waals surface area contributed by atoms with Crippen LogP contribution < -0.4 is 24.0 Å². The summed E-state index contributed by atoms with van der Waals surface area (Å²) in [7, 11) is 1.73. The molecule has 0 spiro atoms. The second-order valence-electron chi connectivity index (χ2n) is 8.43. The Morgan fingerprint density at radius 1 is 1.03 bits per heavy atom. The van der Waals surface area contributed by atoms with Gasteiger partial charge in [-0.05, 0) is 63.9 Å². The molecule has 1 fully saturated rings. The summed E-state index contributed by atoms with van der Waals surface area (Å²) in [5.41, 5.74) is 7.66. The molecule has 0 N–H and O–H groups in total. The van der Waals surface area contributed by atoms with Gasteiger partial charge in [-0.15, -0.1) is 0 Å². The number of hydrogen-bond acceptors (Lipinski definition) is 5. The number of rotatable bonds is 5. The second kappa shape index (κ2) is 8.29. The molecule has 0 aromatic heterocycles. The van der Waals surface area contributed by atoms with Crippen molar-refractivity contribution in [3.05, 3.63) is 40.5 Å². The van der Waals surface area contributed by atoms with Crippen LogP contribution >= 0.6 is 0 Å². The van der Waals surface area contributed by atoms with Gasteiger partial charge in [0.05, 0.1) is 13.7 Å². The standard InChI is InChI=1S/C25H34N2O3/c1-7-29-24-19(5)23(18(4)21-15-17(3)30-25(21)24)27-12-10-26(11-13-27)20-8-9-22(28-6)16(2)14-20/h8-9,14,17H,7,10-13,15H2,1-6H3. The van der Waals surface area contributed by atoms with Gasteiger partial charge < -0.3 is 24.0 Å². The van der Waals surface area contributed by atoms with Gasteiger partial charge in [-0.2, -0.15) is 0 Å². The number of hydrogen-bond donors (Lipinski definition) is 0. The highest BCUT2D eigenvalue weighted by Gasteiger charge is 2.31. The van der Waals surface area contributed by atoms with Crippen LogP contribution in [-0.4, -0.2) is 46.0 Å². The number of fused-ring (bicyclic) bond motifs is 1. The number of piperazine rings is 1. The first-order valence-corrected chi connectivity index (χ1v) is 11.0. The molecule has 2 aromatic rings. The average molecular weight is 411 g/mol. The fraction of sp³-hybridized carbons (Fsp3) is 0.520. The Morgan fingerprint density at radius 3 is 2.37 bits per heavy atom. The van der Waals surface area contributed by atoms with E-state index in [1.54, 1.807) is 7.11 Å². The van der Waals surface area contributed by atoms with Crippen molar-refractivity contribution in [3.63, 3.8) is 0 Å². The lowest BCUT2D eigenvalue weighted by Gasteiger charge is -2.39. The molecule has 0 aliphatic carbocycles. The Bertz CT molecular complexity index is 933. The summed E-state index contributed by atoms with van der Waals surface area (Å²) in [6.07, 6.45) is 1.17. The summed E-state index contributed by atoms with van der Waals surface area (Å²) < 4.78 is 17.6. The maximum absolute atomic E-state index is 6.14.